The second kappa shape index (κ2) is 3.94. The molecule has 1 aromatic heterocycles. The molecule has 0 unspecified atom stereocenters. The molecule has 0 aliphatic heterocycles. The van der Waals surface area contributed by atoms with Crippen LogP contribution in [0.1, 0.15) is 5.01 Å². The lowest BCUT2D eigenvalue weighted by molar-refractivity contribution is 0.408. The fourth-order valence-electron chi connectivity index (χ4n) is 1.23. The Kier molecular flexibility index (Phi) is 2.64. The zero-order valence-electron chi connectivity index (χ0n) is 8.93. The fourth-order valence-corrected chi connectivity index (χ4v) is 2.04. The van der Waals surface area contributed by atoms with Crippen molar-refractivity contribution in [2.45, 2.75) is 6.92 Å². The molecule has 2 rings (SSSR count). The van der Waals surface area contributed by atoms with Gasteiger partial charge in [-0.3, -0.25) is 5.01 Å². The van der Waals surface area contributed by atoms with Gasteiger partial charge < -0.3 is 0 Å². The van der Waals surface area contributed by atoms with Gasteiger partial charge in [-0.25, -0.2) is 4.98 Å². The molecule has 0 fully saturated rings. The minimum Gasteiger partial charge on any atom is -0.285 e. The third-order valence-corrected chi connectivity index (χ3v) is 2.77. The van der Waals surface area contributed by atoms with Gasteiger partial charge in [0.15, 0.2) is 0 Å². The van der Waals surface area contributed by atoms with Crippen LogP contribution in [0.25, 0.3) is 10.2 Å². The SMILES string of the molecule is Cc1nc2cc(N=NN(C)C)ccc2s1. The van der Waals surface area contributed by atoms with Crippen molar-refractivity contribution in [2.75, 3.05) is 14.1 Å². The van der Waals surface area contributed by atoms with E-state index in [9.17, 15) is 0 Å². The first-order chi connectivity index (χ1) is 7.15. The number of rotatable bonds is 2. The van der Waals surface area contributed by atoms with E-state index in [0.717, 1.165) is 16.2 Å². The first-order valence-electron chi connectivity index (χ1n) is 4.61. The summed E-state index contributed by atoms with van der Waals surface area (Å²) in [5.41, 5.74) is 1.83. The molecule has 0 bridgehead atoms. The molecular weight excluding hydrogens is 208 g/mol. The minimum atomic E-state index is 0.835. The molecule has 0 saturated heterocycles. The van der Waals surface area contributed by atoms with Crippen molar-refractivity contribution in [3.63, 3.8) is 0 Å². The molecule has 15 heavy (non-hydrogen) atoms. The largest absolute Gasteiger partial charge is 0.285 e. The monoisotopic (exact) mass is 220 g/mol. The lowest BCUT2D eigenvalue weighted by Gasteiger charge is -1.99. The van der Waals surface area contributed by atoms with Crippen molar-refractivity contribution >= 4 is 27.2 Å². The Bertz CT molecular complexity index is 501. The average molecular weight is 220 g/mol. The van der Waals surface area contributed by atoms with Crippen molar-refractivity contribution < 1.29 is 0 Å². The Morgan fingerprint density at radius 2 is 2.13 bits per heavy atom. The number of thiazole rings is 1. The highest BCUT2D eigenvalue weighted by Crippen LogP contribution is 2.25. The van der Waals surface area contributed by atoms with Crippen LogP contribution < -0.4 is 0 Å². The molecule has 0 saturated carbocycles. The Hall–Kier alpha value is -1.49. The highest BCUT2D eigenvalue weighted by atomic mass is 32.1. The summed E-state index contributed by atoms with van der Waals surface area (Å²) >= 11 is 1.69. The molecule has 0 radical (unpaired) electrons. The summed E-state index contributed by atoms with van der Waals surface area (Å²) in [7, 11) is 3.68. The van der Waals surface area contributed by atoms with Crippen LogP contribution in [0.5, 0.6) is 0 Å². The molecule has 0 aliphatic rings. The number of fused-ring (bicyclic) bond motifs is 1. The van der Waals surface area contributed by atoms with E-state index in [1.807, 2.05) is 39.2 Å². The second-order valence-corrected chi connectivity index (χ2v) is 4.66. The Balaban J connectivity index is 2.38. The van der Waals surface area contributed by atoms with Crippen LogP contribution in [0, 0.1) is 6.92 Å². The van der Waals surface area contributed by atoms with Gasteiger partial charge >= 0.3 is 0 Å². The number of hydrogen-bond donors (Lipinski definition) is 0. The van der Waals surface area contributed by atoms with Crippen molar-refractivity contribution in [3.8, 4) is 0 Å². The maximum absolute atomic E-state index is 4.40. The predicted molar refractivity (Wildman–Crippen MR) is 62.6 cm³/mol. The summed E-state index contributed by atoms with van der Waals surface area (Å²) < 4.78 is 1.19. The van der Waals surface area contributed by atoms with Crippen LogP contribution in [-0.2, 0) is 0 Å². The molecule has 0 spiro atoms. The predicted octanol–water partition coefficient (Wildman–Crippen LogP) is 3.17. The maximum Gasteiger partial charge on any atom is 0.0907 e. The summed E-state index contributed by atoms with van der Waals surface area (Å²) in [4.78, 5) is 4.40. The number of aryl methyl sites for hydroxylation is 1. The average Bonchev–Trinajstić information content (AvgIpc) is 2.53. The normalized spacial score (nSPS) is 11.4. The van der Waals surface area contributed by atoms with Crippen LogP contribution in [0.15, 0.2) is 28.5 Å². The summed E-state index contributed by atoms with van der Waals surface area (Å²) in [5, 5.41) is 10.8. The zero-order chi connectivity index (χ0) is 10.8. The van der Waals surface area contributed by atoms with Crippen molar-refractivity contribution in [1.82, 2.24) is 9.99 Å². The molecule has 5 heteroatoms. The summed E-state index contributed by atoms with van der Waals surface area (Å²) in [6, 6.07) is 5.93. The first-order valence-corrected chi connectivity index (χ1v) is 5.43. The van der Waals surface area contributed by atoms with Gasteiger partial charge in [-0.2, -0.15) is 0 Å². The van der Waals surface area contributed by atoms with Gasteiger partial charge in [0.2, 0.25) is 0 Å². The Labute approximate surface area is 92.2 Å². The third-order valence-electron chi connectivity index (χ3n) is 1.82. The number of hydrogen-bond acceptors (Lipinski definition) is 4. The number of aromatic nitrogens is 1. The summed E-state index contributed by atoms with van der Waals surface area (Å²) in [6.45, 7) is 2.01. The van der Waals surface area contributed by atoms with Gasteiger partial charge in [-0.15, -0.1) is 16.5 Å². The summed E-state index contributed by atoms with van der Waals surface area (Å²) in [5.74, 6) is 0. The van der Waals surface area contributed by atoms with E-state index in [-0.39, 0.29) is 0 Å². The van der Waals surface area contributed by atoms with Gasteiger partial charge in [-0.1, -0.05) is 5.22 Å². The molecule has 0 amide bonds. The van der Waals surface area contributed by atoms with E-state index in [0.29, 0.717) is 0 Å². The van der Waals surface area contributed by atoms with Gasteiger partial charge in [0.1, 0.15) is 0 Å². The van der Waals surface area contributed by atoms with Gasteiger partial charge in [-0.05, 0) is 25.1 Å². The third kappa shape index (κ3) is 2.30. The highest BCUT2D eigenvalue weighted by Gasteiger charge is 2.00. The highest BCUT2D eigenvalue weighted by molar-refractivity contribution is 7.18. The number of nitrogens with zero attached hydrogens (tertiary/aromatic N) is 4. The van der Waals surface area contributed by atoms with Crippen LogP contribution >= 0.6 is 11.3 Å². The second-order valence-electron chi connectivity index (χ2n) is 3.42. The van der Waals surface area contributed by atoms with E-state index in [1.54, 1.807) is 16.3 Å². The van der Waals surface area contributed by atoms with Gasteiger partial charge in [0.25, 0.3) is 0 Å². The molecule has 2 aromatic rings. The van der Waals surface area contributed by atoms with Gasteiger partial charge in [0.05, 0.1) is 20.9 Å². The van der Waals surface area contributed by atoms with E-state index in [1.165, 1.54) is 4.70 Å². The molecular formula is C10H12N4S. The van der Waals surface area contributed by atoms with E-state index >= 15 is 0 Å². The standard InChI is InChI=1S/C10H12N4S/c1-7-11-9-6-8(12-13-14(2)3)4-5-10(9)15-7/h4-6H,1-3H3. The topological polar surface area (TPSA) is 40.9 Å². The minimum absolute atomic E-state index is 0.835. The fraction of sp³-hybridized carbons (Fsp3) is 0.300. The lowest BCUT2D eigenvalue weighted by atomic mass is 10.3. The molecule has 1 aromatic carbocycles. The quantitative estimate of drug-likeness (QED) is 0.576. The molecule has 1 heterocycles. The number of benzene rings is 1. The zero-order valence-corrected chi connectivity index (χ0v) is 9.75. The van der Waals surface area contributed by atoms with E-state index < -0.39 is 0 Å². The Morgan fingerprint density at radius 3 is 2.87 bits per heavy atom. The van der Waals surface area contributed by atoms with Crippen LogP contribution in [0.4, 0.5) is 5.69 Å². The summed E-state index contributed by atoms with van der Waals surface area (Å²) in [6.07, 6.45) is 0. The Morgan fingerprint density at radius 1 is 1.33 bits per heavy atom. The van der Waals surface area contributed by atoms with Crippen molar-refractivity contribution in [1.29, 1.82) is 0 Å². The van der Waals surface area contributed by atoms with E-state index in [2.05, 4.69) is 15.3 Å². The molecule has 0 N–H and O–H groups in total. The molecule has 4 nitrogen and oxygen atoms in total. The van der Waals surface area contributed by atoms with Crippen molar-refractivity contribution in [3.05, 3.63) is 23.2 Å². The first kappa shape index (κ1) is 10.0. The van der Waals surface area contributed by atoms with Crippen molar-refractivity contribution in [2.24, 2.45) is 10.3 Å². The van der Waals surface area contributed by atoms with Crippen LogP contribution in [0.3, 0.4) is 0 Å². The molecule has 0 atom stereocenters. The molecule has 0 aliphatic carbocycles. The smallest absolute Gasteiger partial charge is 0.0907 e. The van der Waals surface area contributed by atoms with E-state index in [4.69, 9.17) is 0 Å². The maximum atomic E-state index is 4.40. The lowest BCUT2D eigenvalue weighted by Crippen LogP contribution is -1.98. The van der Waals surface area contributed by atoms with Crippen LogP contribution in [-0.4, -0.2) is 24.1 Å². The van der Waals surface area contributed by atoms with Gasteiger partial charge in [0, 0.05) is 14.1 Å². The molecule has 78 valence electrons. The van der Waals surface area contributed by atoms with Crippen LogP contribution in [0.2, 0.25) is 0 Å².